The summed E-state index contributed by atoms with van der Waals surface area (Å²) >= 11 is 7.39. The van der Waals surface area contributed by atoms with Crippen LogP contribution in [0.2, 0.25) is 5.28 Å². The van der Waals surface area contributed by atoms with Crippen molar-refractivity contribution >= 4 is 39.9 Å². The fourth-order valence-corrected chi connectivity index (χ4v) is 2.16. The standard InChI is InChI=1S/C9H7ClN6S/c10-9-15-7(6-8(16-9)14-4-13-6)12-3-5-11-1-2-17-5/h1-2,4H,3H2,(H2,12,13,14,15,16). The molecule has 2 N–H and O–H groups in total. The van der Waals surface area contributed by atoms with E-state index in [0.717, 1.165) is 5.01 Å². The lowest BCUT2D eigenvalue weighted by atomic mass is 10.5. The molecule has 0 aliphatic heterocycles. The van der Waals surface area contributed by atoms with Gasteiger partial charge in [0.2, 0.25) is 5.28 Å². The molecule has 3 aromatic rings. The Bertz CT molecular complexity index is 634. The van der Waals surface area contributed by atoms with E-state index in [1.807, 2.05) is 5.38 Å². The summed E-state index contributed by atoms with van der Waals surface area (Å²) in [4.78, 5) is 19.3. The maximum absolute atomic E-state index is 5.82. The number of H-pyrrole nitrogens is 1. The topological polar surface area (TPSA) is 79.4 Å². The zero-order chi connectivity index (χ0) is 11.7. The molecule has 0 aliphatic carbocycles. The Morgan fingerprint density at radius 1 is 1.35 bits per heavy atom. The highest BCUT2D eigenvalue weighted by Gasteiger charge is 2.08. The zero-order valence-electron chi connectivity index (χ0n) is 8.51. The molecule has 0 amide bonds. The van der Waals surface area contributed by atoms with Crippen molar-refractivity contribution in [3.05, 3.63) is 28.2 Å². The maximum atomic E-state index is 5.82. The van der Waals surface area contributed by atoms with Crippen LogP contribution in [0.15, 0.2) is 17.9 Å². The number of hydrogen-bond donors (Lipinski definition) is 2. The first-order valence-electron chi connectivity index (χ1n) is 4.82. The summed E-state index contributed by atoms with van der Waals surface area (Å²) in [6.07, 6.45) is 3.32. The minimum atomic E-state index is 0.184. The van der Waals surface area contributed by atoms with Gasteiger partial charge in [0.05, 0.1) is 12.9 Å². The summed E-state index contributed by atoms with van der Waals surface area (Å²) in [5.74, 6) is 0.608. The van der Waals surface area contributed by atoms with E-state index < -0.39 is 0 Å². The number of hydrogen-bond acceptors (Lipinski definition) is 6. The highest BCUT2D eigenvalue weighted by atomic mass is 35.5. The second-order valence-electron chi connectivity index (χ2n) is 3.22. The molecule has 8 heteroatoms. The molecule has 86 valence electrons. The lowest BCUT2D eigenvalue weighted by Gasteiger charge is -2.03. The Balaban J connectivity index is 1.91. The number of imidazole rings is 1. The van der Waals surface area contributed by atoms with Crippen LogP contribution in [0.3, 0.4) is 0 Å². The highest BCUT2D eigenvalue weighted by Crippen LogP contribution is 2.19. The van der Waals surface area contributed by atoms with Gasteiger partial charge in [0, 0.05) is 11.6 Å². The number of anilines is 1. The van der Waals surface area contributed by atoms with E-state index in [2.05, 4.69) is 30.2 Å². The molecule has 0 saturated heterocycles. The summed E-state index contributed by atoms with van der Waals surface area (Å²) in [6.45, 7) is 0.590. The molecule has 3 heterocycles. The Labute approximate surface area is 105 Å². The Morgan fingerprint density at radius 3 is 3.12 bits per heavy atom. The molecule has 0 bridgehead atoms. The number of nitrogens with one attached hydrogen (secondary N) is 2. The maximum Gasteiger partial charge on any atom is 0.226 e. The van der Waals surface area contributed by atoms with Gasteiger partial charge in [-0.05, 0) is 11.6 Å². The van der Waals surface area contributed by atoms with Crippen LogP contribution in [0.1, 0.15) is 5.01 Å². The van der Waals surface area contributed by atoms with Crippen molar-refractivity contribution in [1.82, 2.24) is 24.9 Å². The van der Waals surface area contributed by atoms with Crippen molar-refractivity contribution in [1.29, 1.82) is 0 Å². The number of thiazole rings is 1. The van der Waals surface area contributed by atoms with Gasteiger partial charge in [-0.2, -0.15) is 9.97 Å². The minimum absolute atomic E-state index is 0.184. The number of halogens is 1. The Hall–Kier alpha value is -1.73. The highest BCUT2D eigenvalue weighted by molar-refractivity contribution is 7.09. The predicted octanol–water partition coefficient (Wildman–Crippen LogP) is 2.07. The van der Waals surface area contributed by atoms with Gasteiger partial charge in [0.1, 0.15) is 10.5 Å². The van der Waals surface area contributed by atoms with E-state index in [9.17, 15) is 0 Å². The molecule has 0 unspecified atom stereocenters. The second kappa shape index (κ2) is 4.27. The van der Waals surface area contributed by atoms with Crippen LogP contribution in [0.5, 0.6) is 0 Å². The molecule has 6 nitrogen and oxygen atoms in total. The third kappa shape index (κ3) is 2.06. The smallest absolute Gasteiger partial charge is 0.226 e. The molecule has 0 radical (unpaired) electrons. The minimum Gasteiger partial charge on any atom is -0.362 e. The Kier molecular flexibility index (Phi) is 2.62. The number of aromatic amines is 1. The molecular weight excluding hydrogens is 260 g/mol. The van der Waals surface area contributed by atoms with Crippen molar-refractivity contribution in [2.45, 2.75) is 6.54 Å². The van der Waals surface area contributed by atoms with Crippen LogP contribution < -0.4 is 5.32 Å². The predicted molar refractivity (Wildman–Crippen MR) is 66.1 cm³/mol. The largest absolute Gasteiger partial charge is 0.362 e. The SMILES string of the molecule is Clc1nc(NCc2nccs2)c2nc[nH]c2n1. The molecule has 0 atom stereocenters. The van der Waals surface area contributed by atoms with Crippen LogP contribution >= 0.6 is 22.9 Å². The van der Waals surface area contributed by atoms with E-state index in [1.54, 1.807) is 23.9 Å². The first kappa shape index (κ1) is 10.4. The van der Waals surface area contributed by atoms with Crippen molar-refractivity contribution < 1.29 is 0 Å². The number of rotatable bonds is 3. The van der Waals surface area contributed by atoms with Gasteiger partial charge < -0.3 is 10.3 Å². The van der Waals surface area contributed by atoms with Gasteiger partial charge in [-0.1, -0.05) is 0 Å². The molecule has 3 rings (SSSR count). The van der Waals surface area contributed by atoms with Crippen LogP contribution in [0, 0.1) is 0 Å². The van der Waals surface area contributed by atoms with E-state index in [-0.39, 0.29) is 5.28 Å². The average molecular weight is 267 g/mol. The zero-order valence-corrected chi connectivity index (χ0v) is 10.1. The summed E-state index contributed by atoms with van der Waals surface area (Å²) in [6, 6.07) is 0. The van der Waals surface area contributed by atoms with E-state index in [4.69, 9.17) is 11.6 Å². The van der Waals surface area contributed by atoms with Crippen LogP contribution in [0.25, 0.3) is 11.2 Å². The normalized spacial score (nSPS) is 10.9. The summed E-state index contributed by atoms with van der Waals surface area (Å²) < 4.78 is 0. The third-order valence-electron chi connectivity index (χ3n) is 2.14. The number of aromatic nitrogens is 5. The van der Waals surface area contributed by atoms with E-state index in [0.29, 0.717) is 23.5 Å². The van der Waals surface area contributed by atoms with Gasteiger partial charge in [0.25, 0.3) is 0 Å². The Morgan fingerprint density at radius 2 is 2.29 bits per heavy atom. The van der Waals surface area contributed by atoms with E-state index >= 15 is 0 Å². The molecule has 0 fully saturated rings. The molecule has 0 saturated carbocycles. The molecular formula is C9H7ClN6S. The average Bonchev–Trinajstić information content (AvgIpc) is 2.95. The quantitative estimate of drug-likeness (QED) is 0.710. The number of nitrogens with zero attached hydrogens (tertiary/aromatic N) is 4. The van der Waals surface area contributed by atoms with Gasteiger partial charge in [-0.3, -0.25) is 0 Å². The summed E-state index contributed by atoms with van der Waals surface area (Å²) in [5, 5.41) is 6.23. The van der Waals surface area contributed by atoms with Crippen molar-refractivity contribution in [3.63, 3.8) is 0 Å². The lowest BCUT2D eigenvalue weighted by molar-refractivity contribution is 1.07. The molecule has 0 aromatic carbocycles. The molecule has 0 spiro atoms. The van der Waals surface area contributed by atoms with Crippen LogP contribution in [-0.2, 0) is 6.54 Å². The third-order valence-corrected chi connectivity index (χ3v) is 3.09. The lowest BCUT2D eigenvalue weighted by Crippen LogP contribution is -2.02. The van der Waals surface area contributed by atoms with Gasteiger partial charge in [-0.25, -0.2) is 9.97 Å². The second-order valence-corrected chi connectivity index (χ2v) is 4.54. The van der Waals surface area contributed by atoms with Crippen molar-refractivity contribution in [3.8, 4) is 0 Å². The molecule has 0 aliphatic rings. The van der Waals surface area contributed by atoms with Crippen molar-refractivity contribution in [2.75, 3.05) is 5.32 Å². The van der Waals surface area contributed by atoms with Gasteiger partial charge in [-0.15, -0.1) is 11.3 Å². The molecule has 17 heavy (non-hydrogen) atoms. The summed E-state index contributed by atoms with van der Waals surface area (Å²) in [5.41, 5.74) is 1.29. The monoisotopic (exact) mass is 266 g/mol. The van der Waals surface area contributed by atoms with Crippen LogP contribution in [0.4, 0.5) is 5.82 Å². The summed E-state index contributed by atoms with van der Waals surface area (Å²) in [7, 11) is 0. The van der Waals surface area contributed by atoms with Crippen LogP contribution in [-0.4, -0.2) is 24.9 Å². The van der Waals surface area contributed by atoms with Gasteiger partial charge in [0.15, 0.2) is 11.5 Å². The first-order valence-corrected chi connectivity index (χ1v) is 6.07. The first-order chi connectivity index (χ1) is 8.33. The van der Waals surface area contributed by atoms with Crippen molar-refractivity contribution in [2.24, 2.45) is 0 Å². The molecule has 3 aromatic heterocycles. The number of fused-ring (bicyclic) bond motifs is 1. The van der Waals surface area contributed by atoms with E-state index in [1.165, 1.54) is 0 Å². The fourth-order valence-electron chi connectivity index (χ4n) is 1.43. The van der Waals surface area contributed by atoms with Gasteiger partial charge >= 0.3 is 0 Å². The fraction of sp³-hybridized carbons (Fsp3) is 0.111.